The summed E-state index contributed by atoms with van der Waals surface area (Å²) in [5.41, 5.74) is 4.86. The van der Waals surface area contributed by atoms with Crippen molar-refractivity contribution < 1.29 is 14.3 Å². The van der Waals surface area contributed by atoms with Crippen LogP contribution in [-0.4, -0.2) is 18.1 Å². The number of aryl methyl sites for hydroxylation is 1. The Hall–Kier alpha value is -2.95. The van der Waals surface area contributed by atoms with Gasteiger partial charge in [-0.05, 0) is 61.2 Å². The normalized spacial score (nSPS) is 14.9. The Balaban J connectivity index is 1.53. The molecule has 3 rings (SSSR count). The van der Waals surface area contributed by atoms with Crippen LogP contribution in [0.25, 0.3) is 0 Å². The molecule has 1 aliphatic carbocycles. The zero-order chi connectivity index (χ0) is 19.1. The van der Waals surface area contributed by atoms with E-state index in [2.05, 4.69) is 10.5 Å². The van der Waals surface area contributed by atoms with E-state index in [4.69, 9.17) is 4.74 Å². The molecule has 140 valence electrons. The van der Waals surface area contributed by atoms with Gasteiger partial charge in [-0.25, -0.2) is 10.2 Å². The number of amides is 1. The Labute approximate surface area is 159 Å². The van der Waals surface area contributed by atoms with Crippen LogP contribution in [0.1, 0.15) is 53.6 Å². The first-order chi connectivity index (χ1) is 13.1. The fourth-order valence-electron chi connectivity index (χ4n) is 3.21. The molecule has 1 fully saturated rings. The predicted octanol–water partition coefficient (Wildman–Crippen LogP) is 4.24. The minimum Gasteiger partial charge on any atom is -0.423 e. The van der Waals surface area contributed by atoms with Crippen molar-refractivity contribution in [1.29, 1.82) is 0 Å². The van der Waals surface area contributed by atoms with Gasteiger partial charge in [0.2, 0.25) is 5.91 Å². The zero-order valence-corrected chi connectivity index (χ0v) is 15.5. The predicted molar refractivity (Wildman–Crippen MR) is 105 cm³/mol. The van der Waals surface area contributed by atoms with Gasteiger partial charge < -0.3 is 4.74 Å². The number of esters is 1. The van der Waals surface area contributed by atoms with Crippen molar-refractivity contribution in [1.82, 2.24) is 5.43 Å². The van der Waals surface area contributed by atoms with Crippen LogP contribution < -0.4 is 10.2 Å². The first-order valence-corrected chi connectivity index (χ1v) is 9.34. The summed E-state index contributed by atoms with van der Waals surface area (Å²) in [6.07, 6.45) is 6.93. The molecular formula is C22H24N2O3. The number of hydrazone groups is 1. The number of benzene rings is 2. The van der Waals surface area contributed by atoms with Crippen LogP contribution in [0.5, 0.6) is 5.75 Å². The van der Waals surface area contributed by atoms with E-state index >= 15 is 0 Å². The number of carbonyl (C=O) groups is 2. The van der Waals surface area contributed by atoms with Gasteiger partial charge in [0, 0.05) is 5.92 Å². The number of nitrogens with one attached hydrogen (secondary N) is 1. The van der Waals surface area contributed by atoms with Crippen LogP contribution in [0.2, 0.25) is 0 Å². The Bertz CT molecular complexity index is 822. The summed E-state index contributed by atoms with van der Waals surface area (Å²) in [5, 5.41) is 4.03. The van der Waals surface area contributed by atoms with Crippen LogP contribution in [0, 0.1) is 12.8 Å². The molecular weight excluding hydrogens is 340 g/mol. The lowest BCUT2D eigenvalue weighted by molar-refractivity contribution is -0.125. The van der Waals surface area contributed by atoms with E-state index in [9.17, 15) is 9.59 Å². The van der Waals surface area contributed by atoms with Gasteiger partial charge in [0.25, 0.3) is 0 Å². The van der Waals surface area contributed by atoms with Gasteiger partial charge >= 0.3 is 5.97 Å². The maximum absolute atomic E-state index is 12.2. The van der Waals surface area contributed by atoms with E-state index in [0.717, 1.165) is 36.8 Å². The van der Waals surface area contributed by atoms with Gasteiger partial charge in [0.15, 0.2) is 0 Å². The van der Waals surface area contributed by atoms with Crippen LogP contribution in [0.15, 0.2) is 53.6 Å². The number of ether oxygens (including phenoxy) is 1. The molecule has 1 amide bonds. The quantitative estimate of drug-likeness (QED) is 0.373. The molecule has 5 heteroatoms. The summed E-state index contributed by atoms with van der Waals surface area (Å²) in [5.74, 6) is 0.162. The van der Waals surface area contributed by atoms with E-state index in [1.807, 2.05) is 25.1 Å². The van der Waals surface area contributed by atoms with Gasteiger partial charge in [0.05, 0.1) is 11.8 Å². The van der Waals surface area contributed by atoms with Crippen molar-refractivity contribution in [2.45, 2.75) is 39.0 Å². The van der Waals surface area contributed by atoms with E-state index in [-0.39, 0.29) is 17.8 Å². The number of carbonyl (C=O) groups excluding carboxylic acids is 2. The Kier molecular flexibility index (Phi) is 6.36. The van der Waals surface area contributed by atoms with Crippen molar-refractivity contribution in [3.8, 4) is 5.75 Å². The molecule has 0 spiro atoms. The SMILES string of the molecule is Cc1ccccc1C(=O)Oc1ccc(/C=N\NC(=O)C2CCCCC2)cc1. The second-order valence-electron chi connectivity index (χ2n) is 6.84. The van der Waals surface area contributed by atoms with Crippen LogP contribution in [0.3, 0.4) is 0 Å². The summed E-state index contributed by atoms with van der Waals surface area (Å²) < 4.78 is 5.41. The molecule has 0 saturated heterocycles. The lowest BCUT2D eigenvalue weighted by atomic mass is 9.89. The van der Waals surface area contributed by atoms with Crippen molar-refractivity contribution in [3.05, 3.63) is 65.2 Å². The topological polar surface area (TPSA) is 67.8 Å². The maximum atomic E-state index is 12.2. The average molecular weight is 364 g/mol. The number of hydrogen-bond acceptors (Lipinski definition) is 4. The zero-order valence-electron chi connectivity index (χ0n) is 15.5. The standard InChI is InChI=1S/C22H24N2O3/c1-16-7-5-6-10-20(16)22(26)27-19-13-11-17(12-14-19)15-23-24-21(25)18-8-3-2-4-9-18/h5-7,10-15,18H,2-4,8-9H2,1H3,(H,24,25)/b23-15-. The lowest BCUT2D eigenvalue weighted by Gasteiger charge is -2.19. The molecule has 0 bridgehead atoms. The third-order valence-corrected chi connectivity index (χ3v) is 4.82. The smallest absolute Gasteiger partial charge is 0.343 e. The fourth-order valence-corrected chi connectivity index (χ4v) is 3.21. The highest BCUT2D eigenvalue weighted by Gasteiger charge is 2.20. The summed E-state index contributed by atoms with van der Waals surface area (Å²) in [6.45, 7) is 1.87. The highest BCUT2D eigenvalue weighted by atomic mass is 16.5. The van der Waals surface area contributed by atoms with Gasteiger partial charge in [0.1, 0.15) is 5.75 Å². The molecule has 0 aliphatic heterocycles. The van der Waals surface area contributed by atoms with Gasteiger partial charge in [-0.2, -0.15) is 5.10 Å². The number of nitrogens with zero attached hydrogens (tertiary/aromatic N) is 1. The van der Waals surface area contributed by atoms with Crippen LogP contribution in [0.4, 0.5) is 0 Å². The maximum Gasteiger partial charge on any atom is 0.343 e. The van der Waals surface area contributed by atoms with Gasteiger partial charge in [-0.15, -0.1) is 0 Å². The second-order valence-corrected chi connectivity index (χ2v) is 6.84. The van der Waals surface area contributed by atoms with E-state index < -0.39 is 0 Å². The van der Waals surface area contributed by atoms with Crippen LogP contribution in [-0.2, 0) is 4.79 Å². The van der Waals surface area contributed by atoms with Crippen molar-refractivity contribution in [3.63, 3.8) is 0 Å². The second kappa shape index (κ2) is 9.12. The van der Waals surface area contributed by atoms with E-state index in [1.54, 1.807) is 36.5 Å². The Morgan fingerprint density at radius 2 is 1.74 bits per heavy atom. The monoisotopic (exact) mass is 364 g/mol. The van der Waals surface area contributed by atoms with E-state index in [1.165, 1.54) is 6.42 Å². The Morgan fingerprint density at radius 3 is 2.44 bits per heavy atom. The number of rotatable bonds is 5. The molecule has 0 unspecified atom stereocenters. The molecule has 0 radical (unpaired) electrons. The van der Waals surface area contributed by atoms with Gasteiger partial charge in [-0.3, -0.25) is 4.79 Å². The molecule has 2 aromatic rings. The first-order valence-electron chi connectivity index (χ1n) is 9.34. The molecule has 1 N–H and O–H groups in total. The van der Waals surface area contributed by atoms with Gasteiger partial charge in [-0.1, -0.05) is 37.5 Å². The highest BCUT2D eigenvalue weighted by Crippen LogP contribution is 2.23. The molecule has 2 aromatic carbocycles. The minimum absolute atomic E-state index is 0.00488. The molecule has 27 heavy (non-hydrogen) atoms. The molecule has 0 heterocycles. The third-order valence-electron chi connectivity index (χ3n) is 4.82. The molecule has 0 aromatic heterocycles. The largest absolute Gasteiger partial charge is 0.423 e. The summed E-state index contributed by atoms with van der Waals surface area (Å²) >= 11 is 0. The average Bonchev–Trinajstić information content (AvgIpc) is 2.70. The van der Waals surface area contributed by atoms with Crippen molar-refractivity contribution in [2.24, 2.45) is 11.0 Å². The summed E-state index contributed by atoms with van der Waals surface area (Å²) in [7, 11) is 0. The first kappa shape index (κ1) is 18.8. The fraction of sp³-hybridized carbons (Fsp3) is 0.318. The molecule has 0 atom stereocenters. The molecule has 1 saturated carbocycles. The van der Waals surface area contributed by atoms with Crippen LogP contribution >= 0.6 is 0 Å². The van der Waals surface area contributed by atoms with E-state index in [0.29, 0.717) is 11.3 Å². The highest BCUT2D eigenvalue weighted by molar-refractivity contribution is 5.92. The third kappa shape index (κ3) is 5.26. The summed E-state index contributed by atoms with van der Waals surface area (Å²) in [4.78, 5) is 24.3. The van der Waals surface area contributed by atoms with Crippen molar-refractivity contribution in [2.75, 3.05) is 0 Å². The lowest BCUT2D eigenvalue weighted by Crippen LogP contribution is -2.28. The molecule has 1 aliphatic rings. The Morgan fingerprint density at radius 1 is 1.04 bits per heavy atom. The van der Waals surface area contributed by atoms with Crippen molar-refractivity contribution >= 4 is 18.1 Å². The molecule has 5 nitrogen and oxygen atoms in total. The minimum atomic E-state index is -0.380. The number of hydrogen-bond donors (Lipinski definition) is 1. The summed E-state index contributed by atoms with van der Waals surface area (Å²) in [6, 6.07) is 14.3.